The molecule has 0 aromatic rings. The van der Waals surface area contributed by atoms with E-state index in [2.05, 4.69) is 18.5 Å². The minimum atomic E-state index is -1.49. The van der Waals surface area contributed by atoms with Gasteiger partial charge in [0.1, 0.15) is 24.9 Å². The van der Waals surface area contributed by atoms with E-state index in [1.54, 1.807) is 0 Å². The number of hydrogen-bond donors (Lipinski definition) is 1. The first-order valence-electron chi connectivity index (χ1n) is 11.3. The number of nitrogens with one attached hydrogen (secondary N) is 1. The number of rotatable bonds is 10. The number of alkyl carbamates (subject to hydrolysis) is 1. The molecule has 3 rings (SSSR count). The fraction of sp³-hybridized carbons (Fsp3) is 0.652. The lowest BCUT2D eigenvalue weighted by Gasteiger charge is -2.30. The molecule has 0 aromatic heterocycles. The monoisotopic (exact) mass is 465 g/mol. The van der Waals surface area contributed by atoms with Crippen LogP contribution in [0.3, 0.4) is 0 Å². The van der Waals surface area contributed by atoms with Gasteiger partial charge in [-0.3, -0.25) is 4.79 Å². The molecule has 1 N–H and O–H groups in total. The zero-order valence-electron chi connectivity index (χ0n) is 18.6. The third kappa shape index (κ3) is 5.85. The fourth-order valence-electron chi connectivity index (χ4n) is 4.93. The van der Waals surface area contributed by atoms with Crippen molar-refractivity contribution in [2.24, 2.45) is 17.8 Å². The predicted octanol–water partition coefficient (Wildman–Crippen LogP) is 3.01. The molecule has 4 atom stereocenters. The number of amides is 1. The van der Waals surface area contributed by atoms with Crippen molar-refractivity contribution < 1.29 is 42.9 Å². The number of hydrogen-bond acceptors (Lipinski definition) is 9. The molecule has 33 heavy (non-hydrogen) atoms. The molecule has 0 aromatic carbocycles. The van der Waals surface area contributed by atoms with Crippen molar-refractivity contribution in [1.29, 1.82) is 0 Å². The Hall–Kier alpha value is -3.04. The second kappa shape index (κ2) is 11.2. The van der Waals surface area contributed by atoms with Crippen LogP contribution in [0.5, 0.6) is 0 Å². The summed E-state index contributed by atoms with van der Waals surface area (Å²) >= 11 is 0. The quantitative estimate of drug-likeness (QED) is 0.224. The lowest BCUT2D eigenvalue weighted by atomic mass is 9.90. The van der Waals surface area contributed by atoms with Gasteiger partial charge in [0.15, 0.2) is 0 Å². The third-order valence-corrected chi connectivity index (χ3v) is 6.43. The van der Waals surface area contributed by atoms with Gasteiger partial charge in [0.05, 0.1) is 5.92 Å². The summed E-state index contributed by atoms with van der Waals surface area (Å²) in [5.74, 6) is -2.46. The molecule has 10 nitrogen and oxygen atoms in total. The van der Waals surface area contributed by atoms with Gasteiger partial charge in [0, 0.05) is 5.92 Å². The molecule has 3 fully saturated rings. The SMILES string of the molecule is C=CCOC(=O)N[C@@]1(C(=O)OCOC(=O)OC2CCCCC2)CC[C@H]2[C@H](C(=O)OCC=C)[C@H]21. The maximum absolute atomic E-state index is 13.1. The van der Waals surface area contributed by atoms with Crippen molar-refractivity contribution >= 4 is 24.2 Å². The summed E-state index contributed by atoms with van der Waals surface area (Å²) in [6, 6.07) is 0. The molecular weight excluding hydrogens is 434 g/mol. The lowest BCUT2D eigenvalue weighted by molar-refractivity contribution is -0.163. The molecule has 1 amide bonds. The van der Waals surface area contributed by atoms with Crippen LogP contribution < -0.4 is 5.32 Å². The fourth-order valence-corrected chi connectivity index (χ4v) is 4.93. The van der Waals surface area contributed by atoms with Crippen LogP contribution in [0.1, 0.15) is 44.9 Å². The van der Waals surface area contributed by atoms with Gasteiger partial charge < -0.3 is 29.0 Å². The Balaban J connectivity index is 1.59. The number of fused-ring (bicyclic) bond motifs is 1. The highest BCUT2D eigenvalue weighted by atomic mass is 16.8. The van der Waals surface area contributed by atoms with Crippen LogP contribution in [0, 0.1) is 17.8 Å². The molecule has 3 saturated carbocycles. The Labute approximate surface area is 192 Å². The van der Waals surface area contributed by atoms with Crippen molar-refractivity contribution in [2.45, 2.75) is 56.6 Å². The molecule has 0 heterocycles. The number of esters is 2. The van der Waals surface area contributed by atoms with Crippen molar-refractivity contribution in [2.75, 3.05) is 20.0 Å². The summed E-state index contributed by atoms with van der Waals surface area (Å²) in [6.45, 7) is 6.32. The van der Waals surface area contributed by atoms with Crippen molar-refractivity contribution in [3.63, 3.8) is 0 Å². The van der Waals surface area contributed by atoms with Crippen molar-refractivity contribution in [3.05, 3.63) is 25.3 Å². The van der Waals surface area contributed by atoms with E-state index < -0.39 is 48.4 Å². The zero-order chi connectivity index (χ0) is 23.8. The molecule has 3 aliphatic rings. The van der Waals surface area contributed by atoms with Crippen LogP contribution in [0.4, 0.5) is 9.59 Å². The van der Waals surface area contributed by atoms with Gasteiger partial charge in [-0.1, -0.05) is 31.7 Å². The number of carbonyl (C=O) groups is 4. The van der Waals surface area contributed by atoms with Gasteiger partial charge >= 0.3 is 24.2 Å². The standard InChI is InChI=1S/C23H31NO9/c1-3-12-29-19(25)17-16-10-11-23(18(16)17,24-21(27)30-13-4-2)20(26)31-14-32-22(28)33-15-8-6-5-7-9-15/h3-4,15-18H,1-2,5-14H2,(H,24,27)/t16-,17-,18-,23-/m0/s1. The largest absolute Gasteiger partial charge is 0.511 e. The second-order valence-electron chi connectivity index (χ2n) is 8.48. The predicted molar refractivity (Wildman–Crippen MR) is 114 cm³/mol. The van der Waals surface area contributed by atoms with E-state index in [0.29, 0.717) is 6.42 Å². The lowest BCUT2D eigenvalue weighted by Crippen LogP contribution is -2.57. The zero-order valence-corrected chi connectivity index (χ0v) is 18.6. The average Bonchev–Trinajstić information content (AvgIpc) is 3.43. The maximum atomic E-state index is 13.1. The first-order chi connectivity index (χ1) is 15.9. The van der Waals surface area contributed by atoms with E-state index in [9.17, 15) is 19.2 Å². The number of carbonyl (C=O) groups excluding carboxylic acids is 4. The van der Waals surface area contributed by atoms with Crippen molar-refractivity contribution in [3.8, 4) is 0 Å². The minimum absolute atomic E-state index is 0.0496. The maximum Gasteiger partial charge on any atom is 0.511 e. The Morgan fingerprint density at radius 1 is 0.909 bits per heavy atom. The molecular formula is C23H31NO9. The summed E-state index contributed by atoms with van der Waals surface area (Å²) in [5, 5.41) is 2.58. The molecule has 0 radical (unpaired) electrons. The normalized spacial score (nSPS) is 27.9. The molecule has 182 valence electrons. The van der Waals surface area contributed by atoms with Crippen LogP contribution in [-0.2, 0) is 33.3 Å². The summed E-state index contributed by atoms with van der Waals surface area (Å²) in [7, 11) is 0. The third-order valence-electron chi connectivity index (χ3n) is 6.43. The van der Waals surface area contributed by atoms with E-state index in [-0.39, 0.29) is 31.7 Å². The average molecular weight is 465 g/mol. The van der Waals surface area contributed by atoms with Gasteiger partial charge in [-0.2, -0.15) is 0 Å². The van der Waals surface area contributed by atoms with Crippen LogP contribution in [0.2, 0.25) is 0 Å². The van der Waals surface area contributed by atoms with Gasteiger partial charge in [0.25, 0.3) is 0 Å². The van der Waals surface area contributed by atoms with Gasteiger partial charge in [-0.05, 0) is 44.4 Å². The van der Waals surface area contributed by atoms with Crippen LogP contribution in [0.15, 0.2) is 25.3 Å². The Kier molecular flexibility index (Phi) is 8.35. The molecule has 0 aliphatic heterocycles. The molecule has 0 spiro atoms. The molecule has 0 saturated heterocycles. The Bertz CT molecular complexity index is 776. The van der Waals surface area contributed by atoms with E-state index in [0.717, 1.165) is 32.1 Å². The molecule has 3 aliphatic carbocycles. The van der Waals surface area contributed by atoms with Crippen molar-refractivity contribution in [1.82, 2.24) is 5.32 Å². The summed E-state index contributed by atoms with van der Waals surface area (Å²) in [6.07, 6.45) is 6.31. The molecule has 10 heteroatoms. The number of ether oxygens (including phenoxy) is 5. The Morgan fingerprint density at radius 3 is 2.30 bits per heavy atom. The van der Waals surface area contributed by atoms with E-state index >= 15 is 0 Å². The first-order valence-corrected chi connectivity index (χ1v) is 11.3. The van der Waals surface area contributed by atoms with Crippen LogP contribution in [0.25, 0.3) is 0 Å². The highest BCUT2D eigenvalue weighted by Gasteiger charge is 2.72. The van der Waals surface area contributed by atoms with Crippen LogP contribution >= 0.6 is 0 Å². The highest BCUT2D eigenvalue weighted by molar-refractivity contribution is 5.90. The second-order valence-corrected chi connectivity index (χ2v) is 8.48. The van der Waals surface area contributed by atoms with Crippen LogP contribution in [-0.4, -0.2) is 55.8 Å². The van der Waals surface area contributed by atoms with Gasteiger partial charge in [-0.15, -0.1) is 0 Å². The smallest absolute Gasteiger partial charge is 0.461 e. The van der Waals surface area contributed by atoms with E-state index in [1.807, 2.05) is 0 Å². The topological polar surface area (TPSA) is 126 Å². The summed E-state index contributed by atoms with van der Waals surface area (Å²) in [5.41, 5.74) is -1.49. The van der Waals surface area contributed by atoms with E-state index in [1.165, 1.54) is 12.2 Å². The van der Waals surface area contributed by atoms with E-state index in [4.69, 9.17) is 23.7 Å². The summed E-state index contributed by atoms with van der Waals surface area (Å²) in [4.78, 5) is 49.6. The first kappa shape index (κ1) is 24.6. The Morgan fingerprint density at radius 2 is 1.61 bits per heavy atom. The minimum Gasteiger partial charge on any atom is -0.461 e. The molecule has 0 bridgehead atoms. The summed E-state index contributed by atoms with van der Waals surface area (Å²) < 4.78 is 25.4. The van der Waals surface area contributed by atoms with Gasteiger partial charge in [0.2, 0.25) is 6.79 Å². The highest BCUT2D eigenvalue weighted by Crippen LogP contribution is 2.63. The molecule has 0 unspecified atom stereocenters. The van der Waals surface area contributed by atoms with Gasteiger partial charge in [-0.25, -0.2) is 14.4 Å².